The zero-order valence-corrected chi connectivity index (χ0v) is 19.3. The molecule has 6 nitrogen and oxygen atoms in total. The molecule has 3 heterocycles. The van der Waals surface area contributed by atoms with Crippen LogP contribution in [0.2, 0.25) is 0 Å². The smallest absolute Gasteiger partial charge is 0.252 e. The first-order valence-electron chi connectivity index (χ1n) is 9.23. The number of piperidine rings is 1. The van der Waals surface area contributed by atoms with Crippen LogP contribution in [0.15, 0.2) is 21.3 Å². The second-order valence-corrected chi connectivity index (χ2v) is 9.88. The van der Waals surface area contributed by atoms with E-state index >= 15 is 0 Å². The molecule has 0 saturated carbocycles. The van der Waals surface area contributed by atoms with Crippen LogP contribution in [0.4, 0.5) is 0 Å². The van der Waals surface area contributed by atoms with Crippen molar-refractivity contribution in [1.29, 1.82) is 0 Å². The van der Waals surface area contributed by atoms with Crippen molar-refractivity contribution in [3.63, 3.8) is 0 Å². The average Bonchev–Trinajstić information content (AvgIpc) is 3.31. The summed E-state index contributed by atoms with van der Waals surface area (Å²) in [6, 6.07) is 3.64. The van der Waals surface area contributed by atoms with E-state index in [0.29, 0.717) is 23.8 Å². The number of nitrogens with one attached hydrogen (secondary N) is 1. The maximum atomic E-state index is 12.7. The number of rotatable bonds is 5. The summed E-state index contributed by atoms with van der Waals surface area (Å²) >= 11 is 1.35. The molecule has 0 aliphatic carbocycles. The van der Waals surface area contributed by atoms with Crippen LogP contribution in [-0.4, -0.2) is 56.3 Å². The molecule has 9 heteroatoms. The number of hydrogen-bond acceptors (Lipinski definition) is 4. The number of guanidine groups is 1. The topological polar surface area (TPSA) is 65.0 Å². The van der Waals surface area contributed by atoms with Gasteiger partial charge in [-0.15, -0.1) is 35.3 Å². The maximum absolute atomic E-state index is 12.7. The molecule has 2 aliphatic heterocycles. The average molecular weight is 512 g/mol. The van der Waals surface area contributed by atoms with E-state index in [4.69, 9.17) is 4.99 Å². The minimum atomic E-state index is -3.33. The van der Waals surface area contributed by atoms with Crippen molar-refractivity contribution >= 4 is 51.3 Å². The predicted molar refractivity (Wildman–Crippen MR) is 118 cm³/mol. The molecular weight excluding hydrogens is 483 g/mol. The standard InChI is InChI=1S/C17H28N4O2S2.HI/c1-2-18-17(20-10-6-7-11-20)19-14-15-8-9-16(24-15)25(22,23)21-12-4-3-5-13-21;/h8-9H,2-7,10-14H2,1H3,(H,18,19);1H. The van der Waals surface area contributed by atoms with Gasteiger partial charge in [-0.25, -0.2) is 13.4 Å². The van der Waals surface area contributed by atoms with Gasteiger partial charge >= 0.3 is 0 Å². The van der Waals surface area contributed by atoms with Gasteiger partial charge in [-0.05, 0) is 44.7 Å². The van der Waals surface area contributed by atoms with E-state index in [0.717, 1.165) is 49.7 Å². The Balaban J connectivity index is 0.00000243. The van der Waals surface area contributed by atoms with Crippen LogP contribution in [0.25, 0.3) is 0 Å². The highest BCUT2D eigenvalue weighted by Crippen LogP contribution is 2.27. The van der Waals surface area contributed by atoms with E-state index in [2.05, 4.69) is 17.1 Å². The molecule has 1 N–H and O–H groups in total. The number of aliphatic imine (C=N–C) groups is 1. The first-order chi connectivity index (χ1) is 12.1. The quantitative estimate of drug-likeness (QED) is 0.374. The highest BCUT2D eigenvalue weighted by Gasteiger charge is 2.27. The van der Waals surface area contributed by atoms with E-state index in [1.807, 2.05) is 6.07 Å². The van der Waals surface area contributed by atoms with Crippen LogP contribution in [0.3, 0.4) is 0 Å². The van der Waals surface area contributed by atoms with Gasteiger partial charge < -0.3 is 10.2 Å². The van der Waals surface area contributed by atoms with Crippen LogP contribution >= 0.6 is 35.3 Å². The van der Waals surface area contributed by atoms with Crippen molar-refractivity contribution < 1.29 is 8.42 Å². The molecule has 0 radical (unpaired) electrons. The van der Waals surface area contributed by atoms with Gasteiger partial charge in [0.25, 0.3) is 10.0 Å². The number of hydrogen-bond donors (Lipinski definition) is 1. The third kappa shape index (κ3) is 5.32. The van der Waals surface area contributed by atoms with E-state index in [-0.39, 0.29) is 24.0 Å². The molecule has 0 atom stereocenters. The monoisotopic (exact) mass is 512 g/mol. The molecule has 26 heavy (non-hydrogen) atoms. The molecule has 2 aliphatic rings. The van der Waals surface area contributed by atoms with Crippen molar-refractivity contribution in [3.8, 4) is 0 Å². The van der Waals surface area contributed by atoms with Crippen molar-refractivity contribution in [2.75, 3.05) is 32.7 Å². The number of sulfonamides is 1. The maximum Gasteiger partial charge on any atom is 0.252 e. The fraction of sp³-hybridized carbons (Fsp3) is 0.706. The first kappa shape index (κ1) is 21.9. The highest BCUT2D eigenvalue weighted by molar-refractivity contribution is 14.0. The van der Waals surface area contributed by atoms with Crippen LogP contribution in [0.5, 0.6) is 0 Å². The Kier molecular flexibility index (Phi) is 8.62. The van der Waals surface area contributed by atoms with Crippen LogP contribution in [-0.2, 0) is 16.6 Å². The molecule has 0 spiro atoms. The third-order valence-corrected chi connectivity index (χ3v) is 8.11. The molecule has 0 amide bonds. The van der Waals surface area contributed by atoms with E-state index in [9.17, 15) is 8.42 Å². The number of likely N-dealkylation sites (tertiary alicyclic amines) is 1. The van der Waals surface area contributed by atoms with Crippen molar-refractivity contribution in [2.24, 2.45) is 4.99 Å². The molecular formula is C17H29IN4O2S2. The summed E-state index contributed by atoms with van der Waals surface area (Å²) in [5.74, 6) is 0.939. The summed E-state index contributed by atoms with van der Waals surface area (Å²) < 4.78 is 27.5. The fourth-order valence-corrected chi connectivity index (χ4v) is 6.27. The van der Waals surface area contributed by atoms with Crippen molar-refractivity contribution in [3.05, 3.63) is 17.0 Å². The molecule has 0 bridgehead atoms. The lowest BCUT2D eigenvalue weighted by Crippen LogP contribution is -2.39. The van der Waals surface area contributed by atoms with Crippen molar-refractivity contribution in [2.45, 2.75) is 49.8 Å². The zero-order valence-electron chi connectivity index (χ0n) is 15.3. The minimum absolute atomic E-state index is 0. The molecule has 2 fully saturated rings. The molecule has 1 aromatic heterocycles. The SMILES string of the molecule is CCNC(=NCc1ccc(S(=O)(=O)N2CCCCC2)s1)N1CCCC1.I. The lowest BCUT2D eigenvalue weighted by atomic mass is 10.2. The summed E-state index contributed by atoms with van der Waals surface area (Å²) in [5, 5.41) is 3.34. The Morgan fingerprint density at radius 3 is 2.42 bits per heavy atom. The fourth-order valence-electron chi connectivity index (χ4n) is 3.32. The van der Waals surface area contributed by atoms with Crippen LogP contribution in [0, 0.1) is 0 Å². The molecule has 0 aromatic carbocycles. The molecule has 1 aromatic rings. The Bertz CT molecular complexity index is 693. The van der Waals surface area contributed by atoms with Gasteiger partial charge in [0.05, 0.1) is 6.54 Å². The first-order valence-corrected chi connectivity index (χ1v) is 11.5. The summed E-state index contributed by atoms with van der Waals surface area (Å²) in [4.78, 5) is 7.98. The summed E-state index contributed by atoms with van der Waals surface area (Å²) in [5.41, 5.74) is 0. The predicted octanol–water partition coefficient (Wildman–Crippen LogP) is 3.10. The van der Waals surface area contributed by atoms with Crippen LogP contribution in [0.1, 0.15) is 43.9 Å². The normalized spacial score (nSPS) is 19.4. The van der Waals surface area contributed by atoms with Gasteiger partial charge in [-0.2, -0.15) is 4.31 Å². The van der Waals surface area contributed by atoms with E-state index in [1.54, 1.807) is 10.4 Å². The lowest BCUT2D eigenvalue weighted by Gasteiger charge is -2.25. The van der Waals surface area contributed by atoms with Gasteiger partial charge in [-0.3, -0.25) is 0 Å². The van der Waals surface area contributed by atoms with E-state index in [1.165, 1.54) is 24.2 Å². The van der Waals surface area contributed by atoms with Crippen molar-refractivity contribution in [1.82, 2.24) is 14.5 Å². The Labute approximate surface area is 178 Å². The minimum Gasteiger partial charge on any atom is -0.357 e. The van der Waals surface area contributed by atoms with Gasteiger partial charge in [0.2, 0.25) is 0 Å². The zero-order chi connectivity index (χ0) is 17.7. The van der Waals surface area contributed by atoms with Gasteiger partial charge in [0.1, 0.15) is 4.21 Å². The number of nitrogens with zero attached hydrogens (tertiary/aromatic N) is 3. The second-order valence-electron chi connectivity index (χ2n) is 6.55. The van der Waals surface area contributed by atoms with E-state index < -0.39 is 10.0 Å². The Morgan fingerprint density at radius 2 is 1.77 bits per heavy atom. The molecule has 2 saturated heterocycles. The summed E-state index contributed by atoms with van der Waals surface area (Å²) in [7, 11) is -3.33. The summed E-state index contributed by atoms with van der Waals surface area (Å²) in [6.45, 7) is 6.82. The Morgan fingerprint density at radius 1 is 1.12 bits per heavy atom. The molecule has 0 unspecified atom stereocenters. The van der Waals surface area contributed by atoms with Gasteiger partial charge in [-0.1, -0.05) is 6.42 Å². The summed E-state index contributed by atoms with van der Waals surface area (Å²) in [6.07, 6.45) is 5.47. The Hall–Kier alpha value is -0.390. The van der Waals surface area contributed by atoms with Gasteiger partial charge in [0.15, 0.2) is 5.96 Å². The number of thiophene rings is 1. The number of halogens is 1. The molecule has 148 valence electrons. The third-order valence-electron chi connectivity index (χ3n) is 4.67. The second kappa shape index (κ2) is 10.2. The molecule has 3 rings (SSSR count). The highest BCUT2D eigenvalue weighted by atomic mass is 127. The lowest BCUT2D eigenvalue weighted by molar-refractivity contribution is 0.347. The van der Waals surface area contributed by atoms with Gasteiger partial charge in [0, 0.05) is 37.6 Å². The van der Waals surface area contributed by atoms with Crippen LogP contribution < -0.4 is 5.32 Å². The largest absolute Gasteiger partial charge is 0.357 e.